The molecule has 0 N–H and O–H groups in total. The summed E-state index contributed by atoms with van der Waals surface area (Å²) in [5.41, 5.74) is 0.649. The van der Waals surface area contributed by atoms with E-state index in [1.807, 2.05) is 0 Å². The van der Waals surface area contributed by atoms with Gasteiger partial charge < -0.3 is 9.80 Å². The highest BCUT2D eigenvalue weighted by molar-refractivity contribution is 7.89. The number of hydrogen-bond acceptors (Lipinski definition) is 7. The molecule has 10 nitrogen and oxygen atoms in total. The highest BCUT2D eigenvalue weighted by Gasteiger charge is 2.29. The summed E-state index contributed by atoms with van der Waals surface area (Å²) in [5.74, 6) is -0.767. The number of carbonyl (C=O) groups is 3. The lowest BCUT2D eigenvalue weighted by Gasteiger charge is -2.35. The molecule has 0 spiro atoms. The van der Waals surface area contributed by atoms with Crippen molar-refractivity contribution in [2.24, 2.45) is 0 Å². The minimum Gasteiger partial charge on any atom is -0.338 e. The molecule has 0 unspecified atom stereocenters. The summed E-state index contributed by atoms with van der Waals surface area (Å²) in [5, 5.41) is 0. The van der Waals surface area contributed by atoms with Gasteiger partial charge in [0, 0.05) is 51.2 Å². The van der Waals surface area contributed by atoms with Gasteiger partial charge in [-0.05, 0) is 19.1 Å². The van der Waals surface area contributed by atoms with Gasteiger partial charge >= 0.3 is 0 Å². The van der Waals surface area contributed by atoms with E-state index >= 15 is 0 Å². The summed E-state index contributed by atoms with van der Waals surface area (Å²) in [4.78, 5) is 47.4. The first-order valence-corrected chi connectivity index (χ1v) is 11.0. The Morgan fingerprint density at radius 1 is 1.00 bits per heavy atom. The normalized spacial score (nSPS) is 14.5. The van der Waals surface area contributed by atoms with E-state index in [2.05, 4.69) is 9.97 Å². The highest BCUT2D eigenvalue weighted by Crippen LogP contribution is 2.16. The molecule has 1 aromatic carbocycles. The number of nitrogens with zero attached hydrogens (tertiary/aromatic N) is 5. The number of Topliss-reactive ketones (excluding diaryl/α,β-unsaturated/α-hetero) is 1. The Bertz CT molecular complexity index is 1060. The lowest BCUT2D eigenvalue weighted by Crippen LogP contribution is -2.52. The fourth-order valence-corrected chi connectivity index (χ4v) is 4.27. The molecule has 2 amide bonds. The summed E-state index contributed by atoms with van der Waals surface area (Å²) in [6, 6.07) is 5.59. The third-order valence-electron chi connectivity index (χ3n) is 5.03. The quantitative estimate of drug-likeness (QED) is 0.586. The largest absolute Gasteiger partial charge is 0.338 e. The molecule has 1 saturated heterocycles. The van der Waals surface area contributed by atoms with Crippen molar-refractivity contribution in [3.8, 4) is 0 Å². The standard InChI is InChI=1S/C20H23N5O5S/c1-15(26)16-3-5-17(6-4-16)31(29,30)23(2)14-19(27)24-9-11-25(12-10-24)20(28)18-13-21-7-8-22-18/h3-8,13H,9-12,14H2,1-2H3. The van der Waals surface area contributed by atoms with Gasteiger partial charge in [0.15, 0.2) is 5.78 Å². The Balaban J connectivity index is 1.57. The van der Waals surface area contributed by atoms with E-state index in [9.17, 15) is 22.8 Å². The number of hydrogen-bond donors (Lipinski definition) is 0. The van der Waals surface area contributed by atoms with Crippen LogP contribution in [-0.2, 0) is 14.8 Å². The highest BCUT2D eigenvalue weighted by atomic mass is 32.2. The van der Waals surface area contributed by atoms with Crippen LogP contribution in [0.15, 0.2) is 47.8 Å². The van der Waals surface area contributed by atoms with Gasteiger partial charge in [0.1, 0.15) is 5.69 Å². The minimum atomic E-state index is -3.88. The van der Waals surface area contributed by atoms with E-state index in [0.29, 0.717) is 31.7 Å². The van der Waals surface area contributed by atoms with Gasteiger partial charge in [-0.3, -0.25) is 19.4 Å². The Morgan fingerprint density at radius 2 is 1.61 bits per heavy atom. The molecule has 31 heavy (non-hydrogen) atoms. The number of benzene rings is 1. The zero-order chi connectivity index (χ0) is 22.6. The smallest absolute Gasteiger partial charge is 0.274 e. The number of amides is 2. The van der Waals surface area contributed by atoms with Gasteiger partial charge in [0.05, 0.1) is 17.6 Å². The molecule has 1 aromatic heterocycles. The number of ketones is 1. The topological polar surface area (TPSA) is 121 Å². The first kappa shape index (κ1) is 22.5. The summed E-state index contributed by atoms with van der Waals surface area (Å²) in [6.45, 7) is 2.32. The van der Waals surface area contributed by atoms with Crippen molar-refractivity contribution in [1.82, 2.24) is 24.1 Å². The number of rotatable bonds is 6. The molecule has 1 aliphatic rings. The van der Waals surface area contributed by atoms with Gasteiger partial charge in [-0.25, -0.2) is 13.4 Å². The van der Waals surface area contributed by atoms with Gasteiger partial charge in [-0.15, -0.1) is 0 Å². The molecule has 2 heterocycles. The van der Waals surface area contributed by atoms with Crippen LogP contribution in [0.4, 0.5) is 0 Å². The predicted octanol–water partition coefficient (Wildman–Crippen LogP) is 0.284. The second-order valence-corrected chi connectivity index (χ2v) is 9.15. The van der Waals surface area contributed by atoms with Crippen LogP contribution in [-0.4, -0.2) is 89.9 Å². The number of likely N-dealkylation sites (N-methyl/N-ethyl adjacent to an activating group) is 1. The predicted molar refractivity (Wildman–Crippen MR) is 111 cm³/mol. The van der Waals surface area contributed by atoms with Gasteiger partial charge in [0.2, 0.25) is 15.9 Å². The maximum atomic E-state index is 12.7. The molecule has 0 radical (unpaired) electrons. The molecule has 1 fully saturated rings. The first-order chi connectivity index (χ1) is 14.7. The molecular weight excluding hydrogens is 422 g/mol. The minimum absolute atomic E-state index is 0.00665. The van der Waals surface area contributed by atoms with Crippen molar-refractivity contribution in [1.29, 1.82) is 0 Å². The van der Waals surface area contributed by atoms with E-state index in [4.69, 9.17) is 0 Å². The van der Waals surface area contributed by atoms with Crippen molar-refractivity contribution in [2.45, 2.75) is 11.8 Å². The fraction of sp³-hybridized carbons (Fsp3) is 0.350. The van der Waals surface area contributed by atoms with Crippen LogP contribution >= 0.6 is 0 Å². The second-order valence-electron chi connectivity index (χ2n) is 7.11. The number of aromatic nitrogens is 2. The van der Waals surface area contributed by atoms with Crippen LogP contribution in [0.1, 0.15) is 27.8 Å². The molecule has 0 atom stereocenters. The molecule has 164 valence electrons. The number of piperazine rings is 1. The maximum Gasteiger partial charge on any atom is 0.274 e. The molecule has 0 saturated carbocycles. The molecule has 0 aliphatic carbocycles. The summed E-state index contributed by atoms with van der Waals surface area (Å²) >= 11 is 0. The van der Waals surface area contributed by atoms with Crippen LogP contribution in [0.5, 0.6) is 0 Å². The van der Waals surface area contributed by atoms with Crippen molar-refractivity contribution >= 4 is 27.6 Å². The third-order valence-corrected chi connectivity index (χ3v) is 6.85. The van der Waals surface area contributed by atoms with Gasteiger partial charge in [-0.2, -0.15) is 4.31 Å². The number of carbonyl (C=O) groups excluding carboxylic acids is 3. The van der Waals surface area contributed by atoms with Crippen molar-refractivity contribution in [3.63, 3.8) is 0 Å². The molecular formula is C20H23N5O5S. The zero-order valence-electron chi connectivity index (χ0n) is 17.3. The average molecular weight is 446 g/mol. The summed E-state index contributed by atoms with van der Waals surface area (Å²) in [7, 11) is -2.55. The lowest BCUT2D eigenvalue weighted by molar-refractivity contribution is -0.132. The van der Waals surface area contributed by atoms with E-state index in [-0.39, 0.29) is 34.7 Å². The zero-order valence-corrected chi connectivity index (χ0v) is 18.1. The van der Waals surface area contributed by atoms with Gasteiger partial charge in [0.25, 0.3) is 5.91 Å². The van der Waals surface area contributed by atoms with Crippen molar-refractivity contribution < 1.29 is 22.8 Å². The Kier molecular flexibility index (Phi) is 6.76. The third kappa shape index (κ3) is 5.12. The maximum absolute atomic E-state index is 12.7. The van der Waals surface area contributed by atoms with Gasteiger partial charge in [-0.1, -0.05) is 12.1 Å². The molecule has 11 heteroatoms. The SMILES string of the molecule is CC(=O)c1ccc(S(=O)(=O)N(C)CC(=O)N2CCN(C(=O)c3cnccn3)CC2)cc1. The van der Waals surface area contributed by atoms with Crippen molar-refractivity contribution in [3.05, 3.63) is 54.1 Å². The average Bonchev–Trinajstić information content (AvgIpc) is 2.79. The number of sulfonamides is 1. The van der Waals surface area contributed by atoms with E-state index in [0.717, 1.165) is 4.31 Å². The summed E-state index contributed by atoms with van der Waals surface area (Å²) < 4.78 is 26.5. The molecule has 0 bridgehead atoms. The molecule has 3 rings (SSSR count). The molecule has 1 aliphatic heterocycles. The van der Waals surface area contributed by atoms with E-state index in [1.54, 1.807) is 4.90 Å². The van der Waals surface area contributed by atoms with E-state index < -0.39 is 10.0 Å². The molecule has 2 aromatic rings. The first-order valence-electron chi connectivity index (χ1n) is 9.60. The van der Waals surface area contributed by atoms with Crippen molar-refractivity contribution in [2.75, 3.05) is 39.8 Å². The van der Waals surface area contributed by atoms with Crippen LogP contribution in [0.25, 0.3) is 0 Å². The Morgan fingerprint density at radius 3 is 2.16 bits per heavy atom. The Labute approximate surface area is 180 Å². The van der Waals surface area contributed by atoms with Crippen LogP contribution in [0.3, 0.4) is 0 Å². The van der Waals surface area contributed by atoms with Crippen LogP contribution in [0, 0.1) is 0 Å². The van der Waals surface area contributed by atoms with E-state index in [1.165, 1.54) is 61.7 Å². The Hall–Kier alpha value is -3.18. The lowest BCUT2D eigenvalue weighted by atomic mass is 10.2. The monoisotopic (exact) mass is 445 g/mol. The summed E-state index contributed by atoms with van der Waals surface area (Å²) in [6.07, 6.45) is 4.31. The van der Waals surface area contributed by atoms with Crippen LogP contribution < -0.4 is 0 Å². The fourth-order valence-electron chi connectivity index (χ4n) is 3.15. The second kappa shape index (κ2) is 9.31. The van der Waals surface area contributed by atoms with Crippen LogP contribution in [0.2, 0.25) is 0 Å².